The summed E-state index contributed by atoms with van der Waals surface area (Å²) in [4.78, 5) is 31.1. The van der Waals surface area contributed by atoms with Crippen LogP contribution in [-0.4, -0.2) is 20.2 Å². The van der Waals surface area contributed by atoms with Gasteiger partial charge in [-0.05, 0) is 45.9 Å². The summed E-state index contributed by atoms with van der Waals surface area (Å²) in [5.74, 6) is 0. The molecule has 0 aromatic carbocycles. The Morgan fingerprint density at radius 3 is 1.61 bits per heavy atom. The average molecular weight is 276 g/mol. The summed E-state index contributed by atoms with van der Waals surface area (Å²) in [6.45, 7) is 0. The van der Waals surface area contributed by atoms with Gasteiger partial charge < -0.3 is 0 Å². The number of rotatable bonds is 2. The van der Waals surface area contributed by atoms with E-state index in [2.05, 4.69) is 9.97 Å². The smallest absolute Gasteiger partial charge is 0.231 e. The molecule has 0 fully saturated rings. The van der Waals surface area contributed by atoms with Crippen molar-refractivity contribution in [1.82, 2.24) is 9.97 Å². The van der Waals surface area contributed by atoms with Crippen LogP contribution in [0.1, 0.15) is 20.7 Å². The van der Waals surface area contributed by atoms with E-state index in [9.17, 15) is 9.59 Å². The first kappa shape index (κ1) is 12.8. The first-order valence-corrected chi connectivity index (χ1v) is 7.15. The summed E-state index contributed by atoms with van der Waals surface area (Å²) in [6.07, 6.45) is 6.14. The Labute approximate surface area is 112 Å². The van der Waals surface area contributed by atoms with Crippen LogP contribution in [0.15, 0.2) is 49.1 Å². The molecule has 0 bridgehead atoms. The number of hydrogen-bond donors (Lipinski definition) is 0. The Kier molecular flexibility index (Phi) is 4.49. The summed E-state index contributed by atoms with van der Waals surface area (Å²) in [5.41, 5.74) is 0.961. The van der Waals surface area contributed by atoms with Crippen LogP contribution in [-0.2, 0) is 0 Å². The van der Waals surface area contributed by atoms with Crippen LogP contribution in [0.25, 0.3) is 0 Å². The van der Waals surface area contributed by atoms with Gasteiger partial charge >= 0.3 is 0 Å². The molecule has 18 heavy (non-hydrogen) atoms. The van der Waals surface area contributed by atoms with Crippen molar-refractivity contribution in [1.29, 1.82) is 0 Å². The van der Waals surface area contributed by atoms with Crippen LogP contribution in [0.5, 0.6) is 0 Å². The summed E-state index contributed by atoms with van der Waals surface area (Å²) in [5, 5.41) is -0.379. The van der Waals surface area contributed by atoms with Gasteiger partial charge in [-0.15, -0.1) is 0 Å². The summed E-state index contributed by atoms with van der Waals surface area (Å²) < 4.78 is 0. The Balaban J connectivity index is 1.93. The van der Waals surface area contributed by atoms with Gasteiger partial charge in [-0.25, -0.2) is 0 Å². The van der Waals surface area contributed by atoms with Crippen LogP contribution in [0.4, 0.5) is 0 Å². The molecule has 0 amide bonds. The van der Waals surface area contributed by atoms with Gasteiger partial charge in [0.2, 0.25) is 10.2 Å². The SMILES string of the molecule is O=C(SSC(=O)c1cccnc1)c1cccnc1. The highest BCUT2D eigenvalue weighted by atomic mass is 33.1. The lowest BCUT2D eigenvalue weighted by molar-refractivity contribution is 0.107. The minimum atomic E-state index is -0.189. The lowest BCUT2D eigenvalue weighted by Gasteiger charge is -1.99. The standard InChI is InChI=1S/C12H8N2O2S2/c15-11(9-3-1-5-13-7-9)17-18-12(16)10-4-2-6-14-8-10/h1-8H. The van der Waals surface area contributed by atoms with Crippen molar-refractivity contribution in [2.45, 2.75) is 0 Å². The Hall–Kier alpha value is -1.66. The molecule has 2 aromatic heterocycles. The maximum Gasteiger partial charge on any atom is 0.231 e. The molecule has 0 saturated carbocycles. The number of aromatic nitrogens is 2. The second-order valence-corrected chi connectivity index (χ2v) is 5.30. The number of carbonyl (C=O) groups excluding carboxylic acids is 2. The maximum absolute atomic E-state index is 11.7. The van der Waals surface area contributed by atoms with Gasteiger partial charge in [-0.1, -0.05) is 0 Å². The minimum absolute atomic E-state index is 0.189. The predicted octanol–water partition coefficient (Wildman–Crippen LogP) is 2.84. The molecule has 0 spiro atoms. The molecule has 4 nitrogen and oxygen atoms in total. The quantitative estimate of drug-likeness (QED) is 0.786. The first-order chi connectivity index (χ1) is 8.77. The molecule has 0 saturated heterocycles. The lowest BCUT2D eigenvalue weighted by Crippen LogP contribution is -1.95. The van der Waals surface area contributed by atoms with E-state index in [1.165, 1.54) is 12.4 Å². The molecule has 0 unspecified atom stereocenters. The van der Waals surface area contributed by atoms with E-state index in [-0.39, 0.29) is 10.2 Å². The van der Waals surface area contributed by atoms with Crippen molar-refractivity contribution in [2.24, 2.45) is 0 Å². The van der Waals surface area contributed by atoms with Gasteiger partial charge in [0, 0.05) is 35.9 Å². The van der Waals surface area contributed by atoms with Crippen molar-refractivity contribution in [2.75, 3.05) is 0 Å². The third-order valence-electron chi connectivity index (χ3n) is 1.99. The van der Waals surface area contributed by atoms with Gasteiger partial charge in [0.1, 0.15) is 0 Å². The van der Waals surface area contributed by atoms with Crippen molar-refractivity contribution < 1.29 is 9.59 Å². The average Bonchev–Trinajstić information content (AvgIpc) is 2.46. The summed E-state index contributed by atoms with van der Waals surface area (Å²) >= 11 is 0. The predicted molar refractivity (Wildman–Crippen MR) is 72.3 cm³/mol. The fraction of sp³-hybridized carbons (Fsp3) is 0. The minimum Gasteiger partial charge on any atom is -0.281 e. The van der Waals surface area contributed by atoms with Crippen LogP contribution >= 0.6 is 21.6 Å². The maximum atomic E-state index is 11.7. The van der Waals surface area contributed by atoms with E-state index in [0.717, 1.165) is 21.6 Å². The topological polar surface area (TPSA) is 59.9 Å². The van der Waals surface area contributed by atoms with Gasteiger partial charge in [0.05, 0.1) is 0 Å². The molecule has 2 rings (SSSR count). The van der Waals surface area contributed by atoms with E-state index in [0.29, 0.717) is 11.1 Å². The number of nitrogens with zero attached hydrogens (tertiary/aromatic N) is 2. The molecule has 0 radical (unpaired) electrons. The van der Waals surface area contributed by atoms with Gasteiger partial charge in [0.25, 0.3) is 0 Å². The zero-order valence-corrected chi connectivity index (χ0v) is 10.8. The number of pyridine rings is 2. The van der Waals surface area contributed by atoms with Crippen LogP contribution in [0.2, 0.25) is 0 Å². The number of carbonyl (C=O) groups is 2. The molecular formula is C12H8N2O2S2. The van der Waals surface area contributed by atoms with E-state index in [4.69, 9.17) is 0 Å². The molecule has 0 aliphatic heterocycles. The van der Waals surface area contributed by atoms with Crippen LogP contribution in [0, 0.1) is 0 Å². The van der Waals surface area contributed by atoms with E-state index < -0.39 is 0 Å². The molecule has 2 heterocycles. The highest BCUT2D eigenvalue weighted by Gasteiger charge is 2.12. The zero-order valence-electron chi connectivity index (χ0n) is 9.15. The van der Waals surface area contributed by atoms with Crippen molar-refractivity contribution in [3.63, 3.8) is 0 Å². The Morgan fingerprint density at radius 1 is 0.833 bits per heavy atom. The zero-order chi connectivity index (χ0) is 12.8. The summed E-state index contributed by atoms with van der Waals surface area (Å²) in [6, 6.07) is 6.69. The monoisotopic (exact) mass is 276 g/mol. The fourth-order valence-corrected chi connectivity index (χ4v) is 2.76. The van der Waals surface area contributed by atoms with Crippen molar-refractivity contribution in [3.8, 4) is 0 Å². The van der Waals surface area contributed by atoms with E-state index >= 15 is 0 Å². The van der Waals surface area contributed by atoms with Gasteiger partial charge in [-0.2, -0.15) is 0 Å². The molecular weight excluding hydrogens is 268 g/mol. The van der Waals surface area contributed by atoms with E-state index in [1.807, 2.05) is 0 Å². The lowest BCUT2D eigenvalue weighted by atomic mass is 10.3. The molecule has 0 aliphatic carbocycles. The van der Waals surface area contributed by atoms with Crippen molar-refractivity contribution in [3.05, 3.63) is 60.2 Å². The Bertz CT molecular complexity index is 495. The molecule has 90 valence electrons. The molecule has 0 aliphatic rings. The third kappa shape index (κ3) is 3.41. The van der Waals surface area contributed by atoms with Crippen LogP contribution < -0.4 is 0 Å². The second kappa shape index (κ2) is 6.32. The van der Waals surface area contributed by atoms with Gasteiger partial charge in [0.15, 0.2) is 0 Å². The highest BCUT2D eigenvalue weighted by Crippen LogP contribution is 2.28. The fourth-order valence-electron chi connectivity index (χ4n) is 1.14. The number of hydrogen-bond acceptors (Lipinski definition) is 6. The van der Waals surface area contributed by atoms with Crippen LogP contribution in [0.3, 0.4) is 0 Å². The Morgan fingerprint density at radius 2 is 1.28 bits per heavy atom. The normalized spacial score (nSPS) is 10.0. The third-order valence-corrected chi connectivity index (χ3v) is 4.00. The molecule has 0 N–H and O–H groups in total. The highest BCUT2D eigenvalue weighted by molar-refractivity contribution is 8.87. The van der Waals surface area contributed by atoms with Crippen molar-refractivity contribution >= 4 is 31.8 Å². The van der Waals surface area contributed by atoms with E-state index in [1.54, 1.807) is 36.7 Å². The van der Waals surface area contributed by atoms with Gasteiger partial charge in [-0.3, -0.25) is 19.6 Å². The summed E-state index contributed by atoms with van der Waals surface area (Å²) in [7, 11) is 1.79. The molecule has 6 heteroatoms. The second-order valence-electron chi connectivity index (χ2n) is 3.22. The largest absolute Gasteiger partial charge is 0.281 e. The first-order valence-electron chi connectivity index (χ1n) is 5.00. The molecule has 0 atom stereocenters. The molecule has 2 aromatic rings.